The third-order valence-electron chi connectivity index (χ3n) is 5.85. The maximum absolute atomic E-state index is 14.3. The molecular formula is C27H26F2N8O2. The zero-order valence-corrected chi connectivity index (χ0v) is 20.2. The quantitative estimate of drug-likeness (QED) is 0.323. The fourth-order valence-electron chi connectivity index (χ4n) is 4.07. The van der Waals surface area contributed by atoms with Crippen molar-refractivity contribution in [3.63, 3.8) is 0 Å². The molecule has 2 aromatic carbocycles. The molecule has 0 bridgehead atoms. The number of benzene rings is 2. The van der Waals surface area contributed by atoms with Crippen LogP contribution in [0.3, 0.4) is 0 Å². The minimum atomic E-state index is -0.757. The third kappa shape index (κ3) is 5.30. The van der Waals surface area contributed by atoms with Gasteiger partial charge in [0.25, 0.3) is 0 Å². The second kappa shape index (κ2) is 11.1. The Labute approximate surface area is 222 Å². The first-order chi connectivity index (χ1) is 18.4. The van der Waals surface area contributed by atoms with Gasteiger partial charge >= 0.3 is 6.09 Å². The van der Waals surface area contributed by atoms with Gasteiger partial charge in [0, 0.05) is 12.6 Å². The predicted octanol–water partition coefficient (Wildman–Crippen LogP) is 4.63. The van der Waals surface area contributed by atoms with E-state index in [-0.39, 0.29) is 49.4 Å². The average molecular weight is 533 g/mol. The second-order valence-electron chi connectivity index (χ2n) is 8.31. The van der Waals surface area contributed by atoms with E-state index in [9.17, 15) is 13.6 Å². The molecule has 0 radical (unpaired) electrons. The number of methoxy groups -OCH3 is 1. The number of nitrogens with zero attached hydrogens (tertiary/aromatic N) is 6. The Balaban J connectivity index is 0.00000353. The van der Waals surface area contributed by atoms with Crippen molar-refractivity contribution in [1.29, 1.82) is 0 Å². The molecule has 10 nitrogen and oxygen atoms in total. The van der Waals surface area contributed by atoms with Gasteiger partial charge in [-0.05, 0) is 41.5 Å². The van der Waals surface area contributed by atoms with Gasteiger partial charge in [-0.1, -0.05) is 37.8 Å². The molecule has 5 rings (SSSR count). The van der Waals surface area contributed by atoms with Crippen LogP contribution in [-0.2, 0) is 17.7 Å². The van der Waals surface area contributed by atoms with Gasteiger partial charge in [0.15, 0.2) is 17.5 Å². The fraction of sp³-hybridized carbons (Fsp3) is 0.148. The lowest BCUT2D eigenvalue weighted by molar-refractivity contribution is 0.178. The van der Waals surface area contributed by atoms with E-state index in [1.165, 1.54) is 37.4 Å². The number of rotatable bonds is 6. The van der Waals surface area contributed by atoms with Crippen LogP contribution in [0.5, 0.6) is 0 Å². The smallest absolute Gasteiger partial charge is 0.414 e. The molecule has 3 aromatic heterocycles. The lowest BCUT2D eigenvalue weighted by Crippen LogP contribution is -2.32. The molecule has 1 amide bonds. The summed E-state index contributed by atoms with van der Waals surface area (Å²) in [5.74, 6) is -0.416. The van der Waals surface area contributed by atoms with Crippen molar-refractivity contribution in [2.45, 2.75) is 20.4 Å². The van der Waals surface area contributed by atoms with Crippen LogP contribution in [0, 0.1) is 11.6 Å². The Morgan fingerprint density at radius 2 is 1.67 bits per heavy atom. The maximum atomic E-state index is 14.3. The number of carbonyl (C=O) groups excluding carboxylic acids is 1. The zero-order chi connectivity index (χ0) is 26.8. The van der Waals surface area contributed by atoms with Crippen LogP contribution in [0.4, 0.5) is 30.9 Å². The van der Waals surface area contributed by atoms with Crippen molar-refractivity contribution < 1.29 is 18.3 Å². The summed E-state index contributed by atoms with van der Waals surface area (Å²) >= 11 is 0. The molecule has 0 aliphatic carbocycles. The molecule has 39 heavy (non-hydrogen) atoms. The number of aromatic nitrogens is 5. The van der Waals surface area contributed by atoms with Crippen molar-refractivity contribution >= 4 is 28.9 Å². The van der Waals surface area contributed by atoms with Crippen LogP contribution >= 0.6 is 0 Å². The van der Waals surface area contributed by atoms with Crippen LogP contribution in [0.25, 0.3) is 17.0 Å². The van der Waals surface area contributed by atoms with Crippen LogP contribution in [-0.4, -0.2) is 37.8 Å². The Kier molecular flexibility index (Phi) is 7.65. The van der Waals surface area contributed by atoms with Gasteiger partial charge in [-0.2, -0.15) is 5.10 Å². The van der Waals surface area contributed by atoms with E-state index in [4.69, 9.17) is 16.2 Å². The zero-order valence-electron chi connectivity index (χ0n) is 20.2. The molecule has 0 unspecified atom stereocenters. The van der Waals surface area contributed by atoms with Crippen LogP contribution in [0.1, 0.15) is 24.4 Å². The van der Waals surface area contributed by atoms with E-state index in [0.717, 1.165) is 4.90 Å². The molecule has 0 saturated heterocycles. The summed E-state index contributed by atoms with van der Waals surface area (Å²) in [6.07, 6.45) is 0.995. The Morgan fingerprint density at radius 3 is 2.33 bits per heavy atom. The van der Waals surface area contributed by atoms with E-state index in [0.29, 0.717) is 28.2 Å². The van der Waals surface area contributed by atoms with E-state index in [1.807, 2.05) is 0 Å². The third-order valence-corrected chi connectivity index (χ3v) is 5.85. The van der Waals surface area contributed by atoms with Gasteiger partial charge in [0.2, 0.25) is 0 Å². The molecule has 0 fully saturated rings. The maximum Gasteiger partial charge on any atom is 0.414 e. The summed E-state index contributed by atoms with van der Waals surface area (Å²) in [6, 6.07) is 15.5. The molecule has 12 heteroatoms. The normalized spacial score (nSPS) is 10.7. The number of amides is 1. The summed E-state index contributed by atoms with van der Waals surface area (Å²) in [7, 11) is 1.21. The van der Waals surface area contributed by atoms with Crippen molar-refractivity contribution in [2.75, 3.05) is 23.5 Å². The first kappa shape index (κ1) is 26.9. The number of carbonyl (C=O) groups is 1. The minimum Gasteiger partial charge on any atom is -0.452 e. The number of imidazole rings is 1. The summed E-state index contributed by atoms with van der Waals surface area (Å²) in [4.78, 5) is 27.2. The fourth-order valence-corrected chi connectivity index (χ4v) is 4.07. The number of ether oxygens (including phenoxy) is 1. The highest BCUT2D eigenvalue weighted by atomic mass is 19.1. The molecule has 4 N–H and O–H groups in total. The van der Waals surface area contributed by atoms with Crippen LogP contribution in [0.2, 0.25) is 0 Å². The Morgan fingerprint density at radius 1 is 0.974 bits per heavy atom. The highest BCUT2D eigenvalue weighted by molar-refractivity contribution is 5.95. The molecule has 0 saturated carbocycles. The lowest BCUT2D eigenvalue weighted by Gasteiger charge is -2.23. The molecule has 0 aliphatic heterocycles. The number of anilines is 3. The molecule has 0 spiro atoms. The summed E-state index contributed by atoms with van der Waals surface area (Å²) in [5, 5.41) is 4.35. The molecular weight excluding hydrogens is 506 g/mol. The monoisotopic (exact) mass is 532 g/mol. The second-order valence-corrected chi connectivity index (χ2v) is 8.31. The van der Waals surface area contributed by atoms with Gasteiger partial charge < -0.3 is 16.2 Å². The Bertz CT molecular complexity index is 1620. The van der Waals surface area contributed by atoms with Gasteiger partial charge in [-0.3, -0.25) is 4.90 Å². The van der Waals surface area contributed by atoms with Crippen molar-refractivity contribution in [3.05, 3.63) is 95.4 Å². The van der Waals surface area contributed by atoms with Crippen molar-refractivity contribution in [1.82, 2.24) is 24.6 Å². The number of hydrogen-bond acceptors (Lipinski definition) is 8. The number of fused-ring (bicyclic) bond motifs is 1. The van der Waals surface area contributed by atoms with E-state index in [2.05, 4.69) is 20.1 Å². The van der Waals surface area contributed by atoms with Crippen LogP contribution in [0.15, 0.2) is 66.9 Å². The Hall–Kier alpha value is -5.13. The molecule has 0 aliphatic rings. The topological polar surface area (TPSA) is 138 Å². The minimum absolute atomic E-state index is 0. The first-order valence-electron chi connectivity index (χ1n) is 11.4. The number of halogens is 2. The first-order valence-corrected chi connectivity index (χ1v) is 11.4. The van der Waals surface area contributed by atoms with E-state index in [1.54, 1.807) is 41.0 Å². The summed E-state index contributed by atoms with van der Waals surface area (Å²) in [5.41, 5.74) is 14.5. The van der Waals surface area contributed by atoms with Gasteiger partial charge in [0.1, 0.15) is 28.8 Å². The van der Waals surface area contributed by atoms with Gasteiger partial charge in [-0.15, -0.1) is 0 Å². The highest BCUT2D eigenvalue weighted by Gasteiger charge is 2.26. The summed E-state index contributed by atoms with van der Waals surface area (Å²) < 4.78 is 34.2. The number of nitrogen functional groups attached to an aromatic ring is 2. The lowest BCUT2D eigenvalue weighted by atomic mass is 10.1. The number of hydrogen-bond donors (Lipinski definition) is 2. The van der Waals surface area contributed by atoms with E-state index >= 15 is 0 Å². The molecule has 200 valence electrons. The summed E-state index contributed by atoms with van der Waals surface area (Å²) in [6.45, 7) is -0.0197. The molecule has 5 aromatic rings. The van der Waals surface area contributed by atoms with Crippen LogP contribution < -0.4 is 16.4 Å². The SMILES string of the molecule is C.COC(=O)N(Cc1ccc(F)cc1)c1c(N)nc(-c2nc(Cc3ccccc3F)n3ncccc23)nc1N. The van der Waals surface area contributed by atoms with Gasteiger partial charge in [0.05, 0.1) is 19.2 Å². The molecule has 3 heterocycles. The van der Waals surface area contributed by atoms with Crippen molar-refractivity contribution in [3.8, 4) is 11.5 Å². The average Bonchev–Trinajstić information content (AvgIpc) is 3.28. The highest BCUT2D eigenvalue weighted by Crippen LogP contribution is 2.33. The standard InChI is InChI=1S/C26H22F2N8O2.CH4/c1-38-26(37)35(14-15-8-10-17(27)11-9-15)22-23(29)33-25(34-24(22)30)21-19-7-4-12-31-36(19)20(32-21)13-16-5-2-3-6-18(16)28;/h2-12H,13-14H2,1H3,(H4,29,30,33,34);1H4. The predicted molar refractivity (Wildman–Crippen MR) is 144 cm³/mol. The largest absolute Gasteiger partial charge is 0.452 e. The molecule has 0 atom stereocenters. The van der Waals surface area contributed by atoms with E-state index < -0.39 is 11.9 Å². The number of nitrogens with two attached hydrogens (primary N) is 2. The van der Waals surface area contributed by atoms with Crippen molar-refractivity contribution in [2.24, 2.45) is 0 Å². The van der Waals surface area contributed by atoms with Gasteiger partial charge in [-0.25, -0.2) is 33.0 Å².